The van der Waals surface area contributed by atoms with Gasteiger partial charge in [-0.05, 0) is 0 Å². The zero-order valence-electron chi connectivity index (χ0n) is 5.66. The summed E-state index contributed by atoms with van der Waals surface area (Å²) in [5.74, 6) is 0. The monoisotopic (exact) mass is 189 g/mol. The Hall–Kier alpha value is -0.0100. The van der Waals surface area contributed by atoms with Gasteiger partial charge in [-0.1, -0.05) is 0 Å². The maximum absolute atomic E-state index is 9.10. The highest BCUT2D eigenvalue weighted by atomic mass is 31.2. The SMILES string of the molecule is NP(=O)(O)O.OCC(O)CO. The molecular weight excluding hydrogens is 177 g/mol. The van der Waals surface area contributed by atoms with E-state index in [1.807, 2.05) is 0 Å². The summed E-state index contributed by atoms with van der Waals surface area (Å²) in [5, 5.41) is 24.0. The molecule has 0 aromatic rings. The van der Waals surface area contributed by atoms with Crippen LogP contribution in [0, 0.1) is 0 Å². The lowest BCUT2D eigenvalue weighted by molar-refractivity contribution is 0.0450. The van der Waals surface area contributed by atoms with E-state index in [2.05, 4.69) is 5.50 Å². The molecule has 0 aliphatic heterocycles. The molecule has 0 rings (SSSR count). The summed E-state index contributed by atoms with van der Waals surface area (Å²) >= 11 is 0. The number of hydrogen-bond donors (Lipinski definition) is 6. The van der Waals surface area contributed by atoms with Gasteiger partial charge in [0, 0.05) is 0 Å². The first kappa shape index (κ1) is 13.6. The second-order valence-corrected chi connectivity index (χ2v) is 2.79. The third-order valence-corrected chi connectivity index (χ3v) is 0.421. The van der Waals surface area contributed by atoms with Crippen molar-refractivity contribution in [3.8, 4) is 0 Å². The minimum absolute atomic E-state index is 0.365. The molecule has 8 heteroatoms. The highest BCUT2D eigenvalue weighted by Crippen LogP contribution is 2.20. The van der Waals surface area contributed by atoms with Crippen LogP contribution in [0.2, 0.25) is 0 Å². The van der Waals surface area contributed by atoms with Crippen molar-refractivity contribution in [1.29, 1.82) is 0 Å². The minimum Gasteiger partial charge on any atom is -0.394 e. The molecule has 7 nitrogen and oxygen atoms in total. The molecule has 7 N–H and O–H groups in total. The molecule has 0 saturated heterocycles. The maximum atomic E-state index is 9.10. The van der Waals surface area contributed by atoms with Gasteiger partial charge >= 0.3 is 7.75 Å². The van der Waals surface area contributed by atoms with Gasteiger partial charge in [0.25, 0.3) is 0 Å². The molecule has 0 fully saturated rings. The fraction of sp³-hybridized carbons (Fsp3) is 1.00. The molecule has 70 valence electrons. The standard InChI is InChI=1S/C3H8O3.H4NO3P/c4-1-3(6)2-5;1-5(2,3)4/h3-6H,1-2H2;(H4,1,2,3,4). The van der Waals surface area contributed by atoms with E-state index in [1.165, 1.54) is 0 Å². The molecule has 0 radical (unpaired) electrons. The Morgan fingerprint density at radius 2 is 1.45 bits per heavy atom. The van der Waals surface area contributed by atoms with Gasteiger partial charge in [-0.3, -0.25) is 0 Å². The lowest BCUT2D eigenvalue weighted by Crippen LogP contribution is -2.15. The van der Waals surface area contributed by atoms with Crippen LogP contribution in [0.25, 0.3) is 0 Å². The zero-order valence-corrected chi connectivity index (χ0v) is 6.55. The minimum atomic E-state index is -4.14. The Balaban J connectivity index is 0. The van der Waals surface area contributed by atoms with Crippen LogP contribution in [0.15, 0.2) is 0 Å². The highest BCUT2D eigenvalue weighted by molar-refractivity contribution is 7.49. The average Bonchev–Trinajstić information content (AvgIpc) is 1.83. The topological polar surface area (TPSA) is 144 Å². The molecule has 0 amide bonds. The lowest BCUT2D eigenvalue weighted by Gasteiger charge is -1.96. The third kappa shape index (κ3) is 40.1. The molecular formula is C3H12NO6P. The molecule has 0 aliphatic carbocycles. The lowest BCUT2D eigenvalue weighted by atomic mass is 10.4. The van der Waals surface area contributed by atoms with Crippen LogP contribution in [0.4, 0.5) is 0 Å². The summed E-state index contributed by atoms with van der Waals surface area (Å²) in [7, 11) is -4.14. The molecule has 0 unspecified atom stereocenters. The van der Waals surface area contributed by atoms with Gasteiger partial charge in [0.1, 0.15) is 6.10 Å². The quantitative estimate of drug-likeness (QED) is 0.260. The Morgan fingerprint density at radius 3 is 1.45 bits per heavy atom. The van der Waals surface area contributed by atoms with E-state index in [4.69, 9.17) is 29.7 Å². The summed E-state index contributed by atoms with van der Waals surface area (Å²) in [6, 6.07) is 0. The van der Waals surface area contributed by atoms with Gasteiger partial charge in [-0.2, -0.15) is 0 Å². The van der Waals surface area contributed by atoms with Crippen molar-refractivity contribution in [2.45, 2.75) is 6.10 Å². The van der Waals surface area contributed by atoms with Gasteiger partial charge in [0.2, 0.25) is 0 Å². The molecule has 11 heavy (non-hydrogen) atoms. The Labute approximate surface area is 63.3 Å². The fourth-order valence-corrected chi connectivity index (χ4v) is 0.0577. The van der Waals surface area contributed by atoms with Crippen LogP contribution in [0.3, 0.4) is 0 Å². The van der Waals surface area contributed by atoms with Crippen LogP contribution >= 0.6 is 7.75 Å². The fourth-order valence-electron chi connectivity index (χ4n) is 0.0577. The van der Waals surface area contributed by atoms with E-state index in [9.17, 15) is 0 Å². The van der Waals surface area contributed by atoms with E-state index >= 15 is 0 Å². The summed E-state index contributed by atoms with van der Waals surface area (Å²) < 4.78 is 9.10. The van der Waals surface area contributed by atoms with Crippen LogP contribution in [-0.4, -0.2) is 44.4 Å². The molecule has 0 aliphatic rings. The summed E-state index contributed by atoms with van der Waals surface area (Å²) in [6.07, 6.45) is -0.954. The summed E-state index contributed by atoms with van der Waals surface area (Å²) in [6.45, 7) is -0.729. The van der Waals surface area contributed by atoms with Crippen molar-refractivity contribution in [3.05, 3.63) is 0 Å². The normalized spacial score (nSPS) is 10.8. The predicted octanol–water partition coefficient (Wildman–Crippen LogP) is -2.63. The Kier molecular flexibility index (Phi) is 8.25. The summed E-state index contributed by atoms with van der Waals surface area (Å²) in [4.78, 5) is 14.8. The number of aliphatic hydroxyl groups is 3. The Bertz CT molecular complexity index is 111. The predicted molar refractivity (Wildman–Crippen MR) is 36.4 cm³/mol. The van der Waals surface area contributed by atoms with E-state index in [-0.39, 0.29) is 13.2 Å². The smallest absolute Gasteiger partial charge is 0.394 e. The largest absolute Gasteiger partial charge is 0.397 e. The molecule has 0 aromatic carbocycles. The van der Waals surface area contributed by atoms with Crippen LogP contribution in [0.5, 0.6) is 0 Å². The average molecular weight is 189 g/mol. The van der Waals surface area contributed by atoms with E-state index in [0.29, 0.717) is 0 Å². The maximum Gasteiger partial charge on any atom is 0.397 e. The van der Waals surface area contributed by atoms with E-state index < -0.39 is 13.9 Å². The number of rotatable bonds is 2. The van der Waals surface area contributed by atoms with E-state index in [0.717, 1.165) is 0 Å². The first-order valence-electron chi connectivity index (χ1n) is 2.55. The van der Waals surface area contributed by atoms with Crippen molar-refractivity contribution in [2.75, 3.05) is 13.2 Å². The zero-order chi connectivity index (χ0) is 9.49. The van der Waals surface area contributed by atoms with Gasteiger partial charge in [-0.15, -0.1) is 0 Å². The van der Waals surface area contributed by atoms with Gasteiger partial charge < -0.3 is 25.1 Å². The van der Waals surface area contributed by atoms with Crippen molar-refractivity contribution < 1.29 is 29.7 Å². The second kappa shape index (κ2) is 6.68. The number of hydrogen-bond acceptors (Lipinski definition) is 4. The molecule has 0 atom stereocenters. The number of nitrogens with two attached hydrogens (primary N) is 1. The van der Waals surface area contributed by atoms with E-state index in [1.54, 1.807) is 0 Å². The van der Waals surface area contributed by atoms with Crippen LogP contribution < -0.4 is 5.50 Å². The van der Waals surface area contributed by atoms with Gasteiger partial charge in [-0.25, -0.2) is 10.1 Å². The molecule has 0 aromatic heterocycles. The van der Waals surface area contributed by atoms with Crippen molar-refractivity contribution >= 4 is 7.75 Å². The molecule has 0 spiro atoms. The van der Waals surface area contributed by atoms with Crippen molar-refractivity contribution in [3.63, 3.8) is 0 Å². The number of aliphatic hydroxyl groups excluding tert-OH is 3. The first-order valence-corrected chi connectivity index (χ1v) is 4.23. The highest BCUT2D eigenvalue weighted by Gasteiger charge is 1.96. The van der Waals surface area contributed by atoms with Crippen LogP contribution in [-0.2, 0) is 4.57 Å². The summed E-state index contributed by atoms with van der Waals surface area (Å²) in [5.41, 5.74) is 4.02. The Morgan fingerprint density at radius 1 is 1.27 bits per heavy atom. The van der Waals surface area contributed by atoms with Crippen molar-refractivity contribution in [2.24, 2.45) is 5.50 Å². The molecule has 0 heterocycles. The van der Waals surface area contributed by atoms with Crippen LogP contribution in [0.1, 0.15) is 0 Å². The second-order valence-electron chi connectivity index (χ2n) is 1.61. The van der Waals surface area contributed by atoms with Crippen molar-refractivity contribution in [1.82, 2.24) is 0 Å². The third-order valence-electron chi connectivity index (χ3n) is 0.421. The first-order chi connectivity index (χ1) is 4.81. The molecule has 0 saturated carbocycles. The van der Waals surface area contributed by atoms with Gasteiger partial charge in [0.05, 0.1) is 13.2 Å². The van der Waals surface area contributed by atoms with Gasteiger partial charge in [0.15, 0.2) is 0 Å². The molecule has 0 bridgehead atoms.